The largest absolute Gasteiger partial charge is 0.481 e. The molecule has 6 aliphatic rings. The molecule has 1 amide bonds. The molecule has 3 atom stereocenters. The Balaban J connectivity index is 1.21. The second-order valence-corrected chi connectivity index (χ2v) is 13.2. The Bertz CT molecular complexity index is 981. The second kappa shape index (κ2) is 9.25. The molecule has 2 unspecified atom stereocenters. The smallest absolute Gasteiger partial charge is 0.303 e. The number of carboxylic acid groups (broad SMARTS) is 1. The molecule has 4 bridgehead atoms. The van der Waals surface area contributed by atoms with Gasteiger partial charge in [-0.25, -0.2) is 4.98 Å². The molecule has 0 aromatic carbocycles. The van der Waals surface area contributed by atoms with Crippen LogP contribution in [0.1, 0.15) is 81.0 Å². The first-order chi connectivity index (χ1) is 16.8. The van der Waals surface area contributed by atoms with Crippen LogP contribution >= 0.6 is 11.8 Å². The van der Waals surface area contributed by atoms with Crippen molar-refractivity contribution in [3.05, 3.63) is 17.7 Å². The number of thioether (sulfide) groups is 1. The number of hydrogen-bond acceptors (Lipinski definition) is 6. The van der Waals surface area contributed by atoms with Crippen molar-refractivity contribution in [3.8, 4) is 0 Å². The van der Waals surface area contributed by atoms with Crippen molar-refractivity contribution in [1.82, 2.24) is 10.3 Å². The van der Waals surface area contributed by atoms with Gasteiger partial charge in [-0.1, -0.05) is 12.8 Å². The second-order valence-electron chi connectivity index (χ2n) is 11.9. The molecule has 1 saturated heterocycles. The number of nitrogens with one attached hydrogen (secondary N) is 1. The van der Waals surface area contributed by atoms with E-state index < -0.39 is 11.6 Å². The molecule has 6 fully saturated rings. The molecular formula is C27H37N3O4S. The monoisotopic (exact) mass is 499 g/mol. The summed E-state index contributed by atoms with van der Waals surface area (Å²) >= 11 is 1.75. The van der Waals surface area contributed by atoms with Crippen LogP contribution in [0.15, 0.2) is 17.2 Å². The van der Waals surface area contributed by atoms with Gasteiger partial charge in [0.25, 0.3) is 5.91 Å². The first-order valence-corrected chi connectivity index (χ1v) is 14.4. The summed E-state index contributed by atoms with van der Waals surface area (Å²) in [4.78, 5) is 31.9. The average molecular weight is 500 g/mol. The van der Waals surface area contributed by atoms with Gasteiger partial charge in [0.1, 0.15) is 10.8 Å². The average Bonchev–Trinajstić information content (AvgIpc) is 3.47. The lowest BCUT2D eigenvalue weighted by molar-refractivity contribution is -0.138. The van der Waals surface area contributed by atoms with Crippen LogP contribution in [0, 0.1) is 23.7 Å². The zero-order valence-electron chi connectivity index (χ0n) is 20.3. The van der Waals surface area contributed by atoms with Gasteiger partial charge in [-0.2, -0.15) is 0 Å². The van der Waals surface area contributed by atoms with Gasteiger partial charge in [0.15, 0.2) is 0 Å². The fourth-order valence-electron chi connectivity index (χ4n) is 7.93. The van der Waals surface area contributed by atoms with Gasteiger partial charge in [-0.15, -0.1) is 11.8 Å². The van der Waals surface area contributed by atoms with Crippen molar-refractivity contribution in [3.63, 3.8) is 0 Å². The Morgan fingerprint density at radius 3 is 2.54 bits per heavy atom. The Morgan fingerprint density at radius 1 is 1.11 bits per heavy atom. The Hall–Kier alpha value is -1.80. The highest BCUT2D eigenvalue weighted by atomic mass is 32.2. The number of anilines is 1. The normalized spacial score (nSPS) is 36.1. The third-order valence-electron chi connectivity index (χ3n) is 9.28. The number of pyridine rings is 1. The molecule has 1 aliphatic heterocycles. The van der Waals surface area contributed by atoms with Gasteiger partial charge in [-0.3, -0.25) is 9.59 Å². The molecule has 5 saturated carbocycles. The summed E-state index contributed by atoms with van der Waals surface area (Å²) in [5, 5.41) is 24.8. The molecule has 7 rings (SSSR count). The zero-order chi connectivity index (χ0) is 24.2. The lowest BCUT2D eigenvalue weighted by atomic mass is 9.52. The van der Waals surface area contributed by atoms with E-state index in [2.05, 4.69) is 10.2 Å². The Labute approximate surface area is 211 Å². The molecule has 8 heteroatoms. The number of carboxylic acids is 1. The van der Waals surface area contributed by atoms with Crippen LogP contribution in [-0.2, 0) is 4.79 Å². The number of amides is 1. The van der Waals surface area contributed by atoms with E-state index >= 15 is 0 Å². The number of carbonyl (C=O) groups is 2. The Kier molecular flexibility index (Phi) is 6.24. The summed E-state index contributed by atoms with van der Waals surface area (Å²) in [5.41, 5.74) is 0.165. The number of hydrogen-bond donors (Lipinski definition) is 3. The van der Waals surface area contributed by atoms with Crippen LogP contribution in [0.2, 0.25) is 0 Å². The van der Waals surface area contributed by atoms with E-state index in [0.29, 0.717) is 35.1 Å². The lowest BCUT2D eigenvalue weighted by Crippen LogP contribution is -2.61. The number of rotatable bonds is 7. The summed E-state index contributed by atoms with van der Waals surface area (Å²) in [7, 11) is 0. The maximum absolute atomic E-state index is 13.6. The van der Waals surface area contributed by atoms with E-state index in [1.54, 1.807) is 11.8 Å². The maximum atomic E-state index is 13.6. The first kappa shape index (κ1) is 23.6. The summed E-state index contributed by atoms with van der Waals surface area (Å²) in [6.07, 6.45) is 10.7. The van der Waals surface area contributed by atoms with Crippen LogP contribution in [0.25, 0.3) is 0 Å². The van der Waals surface area contributed by atoms with Crippen LogP contribution in [0.4, 0.5) is 5.82 Å². The highest BCUT2D eigenvalue weighted by Crippen LogP contribution is 2.55. The fourth-order valence-corrected chi connectivity index (χ4v) is 9.25. The maximum Gasteiger partial charge on any atom is 0.303 e. The topological polar surface area (TPSA) is 103 Å². The van der Waals surface area contributed by atoms with E-state index in [1.807, 2.05) is 12.1 Å². The summed E-state index contributed by atoms with van der Waals surface area (Å²) in [6, 6.07) is 4.03. The van der Waals surface area contributed by atoms with Crippen LogP contribution < -0.4 is 10.2 Å². The molecule has 1 aromatic heterocycles. The SMILES string of the molecule is O=C(O)C[C@@H]1CCN(c2ccc(C(=O)N[C@H]3C4CC5CC3C[C@@](O)(C5)C4)c(SC3CCCC3)n2)C1. The molecular weight excluding hydrogens is 462 g/mol. The van der Waals surface area contributed by atoms with Crippen molar-refractivity contribution in [2.75, 3.05) is 18.0 Å². The number of aliphatic hydroxyl groups is 1. The van der Waals surface area contributed by atoms with E-state index in [9.17, 15) is 14.7 Å². The van der Waals surface area contributed by atoms with Crippen LogP contribution in [-0.4, -0.2) is 57.1 Å². The number of nitrogens with zero attached hydrogens (tertiary/aromatic N) is 2. The van der Waals surface area contributed by atoms with E-state index in [4.69, 9.17) is 10.1 Å². The predicted octanol–water partition coefficient (Wildman–Crippen LogP) is 4.09. The molecule has 3 N–H and O–H groups in total. The van der Waals surface area contributed by atoms with Crippen molar-refractivity contribution in [2.45, 2.75) is 92.5 Å². The van der Waals surface area contributed by atoms with Crippen molar-refractivity contribution >= 4 is 29.5 Å². The molecule has 5 aliphatic carbocycles. The van der Waals surface area contributed by atoms with Crippen molar-refractivity contribution in [1.29, 1.82) is 0 Å². The van der Waals surface area contributed by atoms with E-state index in [1.165, 1.54) is 12.8 Å². The molecule has 35 heavy (non-hydrogen) atoms. The number of aromatic nitrogens is 1. The van der Waals surface area contributed by atoms with Crippen LogP contribution in [0.5, 0.6) is 0 Å². The molecule has 190 valence electrons. The van der Waals surface area contributed by atoms with E-state index in [0.717, 1.165) is 68.8 Å². The van der Waals surface area contributed by atoms with Gasteiger partial charge in [0, 0.05) is 30.8 Å². The molecule has 1 aromatic rings. The summed E-state index contributed by atoms with van der Waals surface area (Å²) in [6.45, 7) is 1.51. The predicted molar refractivity (Wildman–Crippen MR) is 135 cm³/mol. The number of carbonyl (C=O) groups excluding carboxylic acids is 1. The fraction of sp³-hybridized carbons (Fsp3) is 0.741. The Morgan fingerprint density at radius 2 is 1.86 bits per heavy atom. The summed E-state index contributed by atoms with van der Waals surface area (Å²) < 4.78 is 0. The van der Waals surface area contributed by atoms with Gasteiger partial charge in [-0.05, 0) is 87.2 Å². The van der Waals surface area contributed by atoms with Gasteiger partial charge in [0.05, 0.1) is 11.2 Å². The highest BCUT2D eigenvalue weighted by Gasteiger charge is 2.55. The molecule has 0 spiro atoms. The quantitative estimate of drug-likeness (QED) is 0.519. The first-order valence-electron chi connectivity index (χ1n) is 13.5. The molecule has 2 heterocycles. The van der Waals surface area contributed by atoms with Crippen LogP contribution in [0.3, 0.4) is 0 Å². The number of aliphatic carboxylic acids is 1. The summed E-state index contributed by atoms with van der Waals surface area (Å²) in [5.74, 6) is 1.60. The van der Waals surface area contributed by atoms with Crippen molar-refractivity contribution in [2.24, 2.45) is 23.7 Å². The van der Waals surface area contributed by atoms with Gasteiger partial charge < -0.3 is 20.4 Å². The highest BCUT2D eigenvalue weighted by molar-refractivity contribution is 7.99. The minimum Gasteiger partial charge on any atom is -0.481 e. The third-order valence-corrected chi connectivity index (χ3v) is 10.6. The van der Waals surface area contributed by atoms with E-state index in [-0.39, 0.29) is 24.3 Å². The standard InChI is InChI=1S/C27H37N3O4S/c31-23(32)11-16-7-8-30(15-16)22-6-5-21(26(28-22)35-20-3-1-2-4-20)25(33)29-24-18-9-17-10-19(24)14-27(34,12-17)13-18/h5-6,16-20,24,34H,1-4,7-15H2,(H,29,33)(H,31,32)/t16-,17?,18?,19?,24-,27+/m0/s1. The third kappa shape index (κ3) is 4.80. The minimum atomic E-state index is -0.744. The lowest BCUT2D eigenvalue weighted by Gasteiger charge is -2.58. The molecule has 0 radical (unpaired) electrons. The van der Waals surface area contributed by atoms with Gasteiger partial charge in [0.2, 0.25) is 0 Å². The van der Waals surface area contributed by atoms with Gasteiger partial charge >= 0.3 is 5.97 Å². The van der Waals surface area contributed by atoms with Crippen molar-refractivity contribution < 1.29 is 19.8 Å². The minimum absolute atomic E-state index is 0.0285. The zero-order valence-corrected chi connectivity index (χ0v) is 21.1. The molecule has 7 nitrogen and oxygen atoms in total.